The second kappa shape index (κ2) is 7.65. The molecule has 2 heterocycles. The van der Waals surface area contributed by atoms with Crippen LogP contribution in [0.15, 0.2) is 53.4 Å². The Morgan fingerprint density at radius 3 is 2.71 bits per heavy atom. The molecule has 2 aliphatic rings. The zero-order chi connectivity index (χ0) is 19.7. The Labute approximate surface area is 170 Å². The zero-order valence-corrected chi connectivity index (χ0v) is 16.2. The van der Waals surface area contributed by atoms with Crippen molar-refractivity contribution in [1.29, 1.82) is 0 Å². The molecule has 0 aliphatic carbocycles. The lowest BCUT2D eigenvalue weighted by molar-refractivity contribution is -0.145. The lowest BCUT2D eigenvalue weighted by atomic mass is 10.0. The van der Waals surface area contributed by atoms with Gasteiger partial charge in [-0.2, -0.15) is 0 Å². The number of hydrogen-bond acceptors (Lipinski definition) is 6. The van der Waals surface area contributed by atoms with E-state index in [4.69, 9.17) is 21.7 Å². The van der Waals surface area contributed by atoms with Gasteiger partial charge in [0, 0.05) is 6.42 Å². The molecule has 1 fully saturated rings. The van der Waals surface area contributed by atoms with Crippen molar-refractivity contribution < 1.29 is 24.2 Å². The molecule has 1 saturated heterocycles. The molecule has 1 N–H and O–H groups in total. The van der Waals surface area contributed by atoms with Crippen LogP contribution in [0.5, 0.6) is 11.5 Å². The van der Waals surface area contributed by atoms with Gasteiger partial charge < -0.3 is 14.6 Å². The minimum absolute atomic E-state index is 0.167. The maximum atomic E-state index is 12.9. The first kappa shape index (κ1) is 18.5. The van der Waals surface area contributed by atoms with E-state index in [0.29, 0.717) is 16.4 Å². The van der Waals surface area contributed by atoms with E-state index in [1.807, 2.05) is 30.3 Å². The van der Waals surface area contributed by atoms with Crippen LogP contribution in [0.4, 0.5) is 0 Å². The Bertz CT molecular complexity index is 989. The van der Waals surface area contributed by atoms with Gasteiger partial charge in [-0.05, 0) is 29.3 Å². The van der Waals surface area contributed by atoms with Crippen molar-refractivity contribution in [2.75, 3.05) is 6.79 Å². The lowest BCUT2D eigenvalue weighted by Crippen LogP contribution is -2.45. The molecule has 28 heavy (non-hydrogen) atoms. The molecule has 8 heteroatoms. The average Bonchev–Trinajstić information content (AvgIpc) is 3.25. The molecule has 2 aromatic rings. The van der Waals surface area contributed by atoms with E-state index in [1.165, 1.54) is 4.90 Å². The molecule has 0 aromatic heterocycles. The Morgan fingerprint density at radius 1 is 1.21 bits per heavy atom. The van der Waals surface area contributed by atoms with Gasteiger partial charge in [-0.3, -0.25) is 9.69 Å². The zero-order valence-electron chi connectivity index (χ0n) is 14.5. The van der Waals surface area contributed by atoms with Gasteiger partial charge >= 0.3 is 5.97 Å². The molecule has 2 aliphatic heterocycles. The van der Waals surface area contributed by atoms with Crippen LogP contribution in [0, 0.1) is 0 Å². The minimum Gasteiger partial charge on any atom is -0.480 e. The number of hydrogen-bond donors (Lipinski definition) is 1. The number of aliphatic carboxylic acids is 1. The number of carbonyl (C=O) groups is 2. The second-order valence-electron chi connectivity index (χ2n) is 6.21. The summed E-state index contributed by atoms with van der Waals surface area (Å²) in [6, 6.07) is 13.5. The van der Waals surface area contributed by atoms with E-state index in [9.17, 15) is 14.7 Å². The quantitative estimate of drug-likeness (QED) is 0.595. The summed E-state index contributed by atoms with van der Waals surface area (Å²) >= 11 is 6.42. The van der Waals surface area contributed by atoms with E-state index in [0.717, 1.165) is 22.9 Å². The SMILES string of the molecule is O=C(O)C(Cc1ccccc1)N1C(=O)C(=Cc2ccc3c(c2)OCO3)SC1=S. The van der Waals surface area contributed by atoms with E-state index in [-0.39, 0.29) is 17.5 Å². The lowest BCUT2D eigenvalue weighted by Gasteiger charge is -2.23. The van der Waals surface area contributed by atoms with Crippen LogP contribution in [-0.4, -0.2) is 39.0 Å². The number of nitrogens with zero attached hydrogens (tertiary/aromatic N) is 1. The van der Waals surface area contributed by atoms with E-state index in [1.54, 1.807) is 24.3 Å². The predicted octanol–water partition coefficient (Wildman–Crippen LogP) is 3.31. The Morgan fingerprint density at radius 2 is 1.96 bits per heavy atom. The first-order valence-electron chi connectivity index (χ1n) is 8.46. The molecule has 2 aromatic carbocycles. The first-order chi connectivity index (χ1) is 13.5. The van der Waals surface area contributed by atoms with Crippen LogP contribution in [0.25, 0.3) is 6.08 Å². The van der Waals surface area contributed by atoms with E-state index in [2.05, 4.69) is 0 Å². The number of thioether (sulfide) groups is 1. The van der Waals surface area contributed by atoms with Gasteiger partial charge in [-0.25, -0.2) is 4.79 Å². The average molecular weight is 413 g/mol. The summed E-state index contributed by atoms with van der Waals surface area (Å²) in [5.74, 6) is -0.240. The normalized spacial score (nSPS) is 18.0. The van der Waals surface area contributed by atoms with Gasteiger partial charge in [0.25, 0.3) is 5.91 Å². The minimum atomic E-state index is -1.09. The van der Waals surface area contributed by atoms with Crippen molar-refractivity contribution in [2.24, 2.45) is 0 Å². The molecular weight excluding hydrogens is 398 g/mol. The van der Waals surface area contributed by atoms with Crippen LogP contribution >= 0.6 is 24.0 Å². The highest BCUT2D eigenvalue weighted by Crippen LogP contribution is 2.37. The summed E-state index contributed by atoms with van der Waals surface area (Å²) in [6.45, 7) is 0.167. The topological polar surface area (TPSA) is 76.1 Å². The van der Waals surface area contributed by atoms with Crippen LogP contribution in [0.1, 0.15) is 11.1 Å². The summed E-state index contributed by atoms with van der Waals surface area (Å²) in [4.78, 5) is 26.3. The van der Waals surface area contributed by atoms with E-state index < -0.39 is 17.9 Å². The van der Waals surface area contributed by atoms with Crippen LogP contribution in [0.2, 0.25) is 0 Å². The van der Waals surface area contributed by atoms with Gasteiger partial charge in [-0.1, -0.05) is 60.4 Å². The molecule has 0 saturated carbocycles. The maximum absolute atomic E-state index is 12.9. The number of rotatable bonds is 5. The molecule has 0 spiro atoms. The van der Waals surface area contributed by atoms with Crippen molar-refractivity contribution in [3.8, 4) is 11.5 Å². The summed E-state index contributed by atoms with van der Waals surface area (Å²) in [5, 5.41) is 9.70. The summed E-state index contributed by atoms with van der Waals surface area (Å²) in [5.41, 5.74) is 1.57. The number of carboxylic acid groups (broad SMARTS) is 1. The highest BCUT2D eigenvalue weighted by Gasteiger charge is 2.40. The number of fused-ring (bicyclic) bond motifs is 1. The Balaban J connectivity index is 1.59. The van der Waals surface area contributed by atoms with Crippen molar-refractivity contribution in [3.05, 3.63) is 64.6 Å². The number of amides is 1. The standard InChI is InChI=1S/C20H15NO5S2/c22-18-17(10-13-6-7-15-16(9-13)26-11-25-15)28-20(27)21(18)14(19(23)24)8-12-4-2-1-3-5-12/h1-7,9-10,14H,8,11H2,(H,23,24). The molecule has 6 nitrogen and oxygen atoms in total. The predicted molar refractivity (Wildman–Crippen MR) is 109 cm³/mol. The summed E-state index contributed by atoms with van der Waals surface area (Å²) < 4.78 is 10.9. The molecule has 1 amide bonds. The number of ether oxygens (including phenoxy) is 2. The third-order valence-electron chi connectivity index (χ3n) is 4.39. The van der Waals surface area contributed by atoms with Crippen LogP contribution < -0.4 is 9.47 Å². The molecule has 0 bridgehead atoms. The Kier molecular flexibility index (Phi) is 5.06. The van der Waals surface area contributed by atoms with Crippen molar-refractivity contribution >= 4 is 46.3 Å². The number of benzene rings is 2. The monoisotopic (exact) mass is 413 g/mol. The summed E-state index contributed by atoms with van der Waals surface area (Å²) in [7, 11) is 0. The fourth-order valence-electron chi connectivity index (χ4n) is 3.03. The molecule has 1 unspecified atom stereocenters. The number of carbonyl (C=O) groups excluding carboxylic acids is 1. The smallest absolute Gasteiger partial charge is 0.327 e. The second-order valence-corrected chi connectivity index (χ2v) is 7.88. The summed E-state index contributed by atoms with van der Waals surface area (Å²) in [6.07, 6.45) is 1.86. The molecule has 4 rings (SSSR count). The molecule has 1 atom stereocenters. The third-order valence-corrected chi connectivity index (χ3v) is 5.72. The van der Waals surface area contributed by atoms with E-state index >= 15 is 0 Å². The first-order valence-corrected chi connectivity index (χ1v) is 9.69. The van der Waals surface area contributed by atoms with Crippen molar-refractivity contribution in [1.82, 2.24) is 4.90 Å². The molecular formula is C20H15NO5S2. The Hall–Kier alpha value is -2.84. The third kappa shape index (κ3) is 3.61. The van der Waals surface area contributed by atoms with Crippen LogP contribution in [-0.2, 0) is 16.0 Å². The maximum Gasteiger partial charge on any atom is 0.327 e. The van der Waals surface area contributed by atoms with Gasteiger partial charge in [0.05, 0.1) is 4.91 Å². The van der Waals surface area contributed by atoms with Crippen LogP contribution in [0.3, 0.4) is 0 Å². The molecule has 0 radical (unpaired) electrons. The number of carboxylic acids is 1. The van der Waals surface area contributed by atoms with Gasteiger partial charge in [0.2, 0.25) is 6.79 Å². The highest BCUT2D eigenvalue weighted by molar-refractivity contribution is 8.26. The molecule has 142 valence electrons. The highest BCUT2D eigenvalue weighted by atomic mass is 32.2. The largest absolute Gasteiger partial charge is 0.480 e. The number of thiocarbonyl (C=S) groups is 1. The fraction of sp³-hybridized carbons (Fsp3) is 0.150. The van der Waals surface area contributed by atoms with Gasteiger partial charge in [-0.15, -0.1) is 0 Å². The van der Waals surface area contributed by atoms with Crippen molar-refractivity contribution in [3.63, 3.8) is 0 Å². The van der Waals surface area contributed by atoms with Gasteiger partial charge in [0.1, 0.15) is 10.4 Å². The van der Waals surface area contributed by atoms with Gasteiger partial charge in [0.15, 0.2) is 11.5 Å². The fourth-order valence-corrected chi connectivity index (χ4v) is 4.39. The van der Waals surface area contributed by atoms with Crippen molar-refractivity contribution in [2.45, 2.75) is 12.5 Å².